The van der Waals surface area contributed by atoms with E-state index in [9.17, 15) is 83.1 Å². The summed E-state index contributed by atoms with van der Waals surface area (Å²) in [6.07, 6.45) is -4.09. The maximum absolute atomic E-state index is 14.2. The molecule has 22 heteroatoms. The lowest BCUT2D eigenvalue weighted by Crippen LogP contribution is -2.75. The van der Waals surface area contributed by atoms with Gasteiger partial charge in [-0.25, -0.2) is 8.42 Å². The van der Waals surface area contributed by atoms with E-state index < -0.39 is 74.3 Å². The number of aliphatic hydroxyl groups is 1. The van der Waals surface area contributed by atoms with E-state index in [1.807, 2.05) is 0 Å². The van der Waals surface area contributed by atoms with Crippen LogP contribution in [0.2, 0.25) is 0 Å². The Bertz CT molecular complexity index is 967. The van der Waals surface area contributed by atoms with Crippen molar-refractivity contribution in [1.29, 1.82) is 0 Å². The zero-order valence-corrected chi connectivity index (χ0v) is 22.1. The zero-order valence-electron chi connectivity index (χ0n) is 21.3. The van der Waals surface area contributed by atoms with Gasteiger partial charge in [-0.2, -0.15) is 78.9 Å². The maximum Gasteiger partial charge on any atom is 0.460 e. The summed E-state index contributed by atoms with van der Waals surface area (Å²) in [4.78, 5) is 0. The lowest BCUT2D eigenvalue weighted by atomic mass is 9.91. The second-order valence-corrected chi connectivity index (χ2v) is 11.3. The van der Waals surface area contributed by atoms with Gasteiger partial charge in [0.15, 0.2) is 0 Å². The molecule has 0 fully saturated rings. The second kappa shape index (κ2) is 13.4. The fraction of sp³-hybridized carbons (Fsp3) is 1.00. The Morgan fingerprint density at radius 1 is 0.476 bits per heavy atom. The third-order valence-electron chi connectivity index (χ3n) is 6.06. The minimum absolute atomic E-state index is 0.00916. The molecule has 0 aliphatic rings. The van der Waals surface area contributed by atoms with E-state index in [0.717, 1.165) is 12.8 Å². The molecular formula is C20H26F17NO3S. The number of alkyl halides is 17. The van der Waals surface area contributed by atoms with Crippen molar-refractivity contribution >= 4 is 10.0 Å². The molecule has 0 unspecified atom stereocenters. The number of aliphatic hydroxyl groups excluding tert-OH is 1. The van der Waals surface area contributed by atoms with Crippen molar-refractivity contribution in [2.24, 2.45) is 0 Å². The van der Waals surface area contributed by atoms with Crippen molar-refractivity contribution in [3.05, 3.63) is 0 Å². The smallest absolute Gasteiger partial charge is 0.396 e. The lowest BCUT2D eigenvalue weighted by molar-refractivity contribution is -0.458. The summed E-state index contributed by atoms with van der Waals surface area (Å²) < 4.78 is 250. The Morgan fingerprint density at radius 2 is 0.762 bits per heavy atom. The molecule has 0 aromatic heterocycles. The van der Waals surface area contributed by atoms with Crippen molar-refractivity contribution in [3.63, 3.8) is 0 Å². The van der Waals surface area contributed by atoms with Crippen LogP contribution in [0.4, 0.5) is 74.6 Å². The molecule has 1 N–H and O–H groups in total. The van der Waals surface area contributed by atoms with Crippen LogP contribution in [-0.2, 0) is 10.0 Å². The SMILES string of the molecule is CN(CCCCCCCCCCCO)S(=O)(=O)C(F)(F)C(F)(F)C(F)(F)C(F)(F)C(F)(F)C(F)(F)C(F)(F)C(F)(F)F. The number of nitrogens with zero attached hydrogens (tertiary/aromatic N) is 1. The highest BCUT2D eigenvalue weighted by Gasteiger charge is 2.96. The standard InChI is InChI=1S/C20H26F17NO3S/c1-38(11-9-7-5-3-2-4-6-8-10-12-39)42(40,41)20(36,37)18(31,32)16(27,28)14(23,24)13(21,22)15(25,26)17(29,30)19(33,34)35/h39H,2-12H2,1H3. The first-order valence-corrected chi connectivity index (χ1v) is 13.2. The van der Waals surface area contributed by atoms with E-state index in [0.29, 0.717) is 32.1 Å². The summed E-state index contributed by atoms with van der Waals surface area (Å²) >= 11 is 0. The number of halogens is 17. The molecule has 0 aromatic carbocycles. The van der Waals surface area contributed by atoms with Crippen molar-refractivity contribution < 1.29 is 88.2 Å². The van der Waals surface area contributed by atoms with Crippen molar-refractivity contribution in [2.75, 3.05) is 20.2 Å². The minimum atomic E-state index is -8.84. The molecule has 0 aromatic rings. The van der Waals surface area contributed by atoms with Crippen LogP contribution in [0, 0.1) is 0 Å². The zero-order chi connectivity index (χ0) is 33.9. The van der Waals surface area contributed by atoms with E-state index in [1.165, 1.54) is 0 Å². The monoisotopic (exact) mass is 683 g/mol. The number of rotatable bonds is 19. The molecule has 0 heterocycles. The van der Waals surface area contributed by atoms with Gasteiger partial charge in [-0.15, -0.1) is 0 Å². The molecule has 0 saturated carbocycles. The second-order valence-electron chi connectivity index (χ2n) is 9.19. The van der Waals surface area contributed by atoms with Crippen LogP contribution in [0.5, 0.6) is 0 Å². The van der Waals surface area contributed by atoms with Crippen LogP contribution in [0.15, 0.2) is 0 Å². The van der Waals surface area contributed by atoms with Crippen molar-refractivity contribution in [1.82, 2.24) is 4.31 Å². The minimum Gasteiger partial charge on any atom is -0.396 e. The van der Waals surface area contributed by atoms with Gasteiger partial charge < -0.3 is 5.11 Å². The highest BCUT2D eigenvalue weighted by Crippen LogP contribution is 2.64. The fourth-order valence-electron chi connectivity index (χ4n) is 3.31. The van der Waals surface area contributed by atoms with E-state index in [-0.39, 0.29) is 20.1 Å². The highest BCUT2D eigenvalue weighted by atomic mass is 32.2. The Hall–Kier alpha value is -1.32. The maximum atomic E-state index is 14.2. The predicted octanol–water partition coefficient (Wildman–Crippen LogP) is 7.72. The normalized spacial score (nSPS) is 15.5. The molecule has 254 valence electrons. The first kappa shape index (κ1) is 40.7. The molecule has 0 saturated heterocycles. The Morgan fingerprint density at radius 3 is 1.10 bits per heavy atom. The summed E-state index contributed by atoms with van der Waals surface area (Å²) in [5.41, 5.74) is 0. The topological polar surface area (TPSA) is 57.6 Å². The fourth-order valence-corrected chi connectivity index (χ4v) is 4.52. The largest absolute Gasteiger partial charge is 0.460 e. The molecule has 42 heavy (non-hydrogen) atoms. The third-order valence-corrected chi connectivity index (χ3v) is 7.97. The van der Waals surface area contributed by atoms with Crippen LogP contribution < -0.4 is 0 Å². The highest BCUT2D eigenvalue weighted by molar-refractivity contribution is 7.90. The van der Waals surface area contributed by atoms with Gasteiger partial charge >= 0.3 is 47.0 Å². The number of hydrogen-bond donors (Lipinski definition) is 1. The van der Waals surface area contributed by atoms with Gasteiger partial charge in [0.1, 0.15) is 0 Å². The van der Waals surface area contributed by atoms with Crippen LogP contribution in [0.25, 0.3) is 0 Å². The molecule has 0 aliphatic heterocycles. The molecule has 0 spiro atoms. The first-order chi connectivity index (χ1) is 18.5. The molecule has 0 radical (unpaired) electrons. The molecule has 0 bridgehead atoms. The average molecular weight is 683 g/mol. The van der Waals surface area contributed by atoms with Gasteiger partial charge in [0.25, 0.3) is 10.0 Å². The predicted molar refractivity (Wildman–Crippen MR) is 111 cm³/mol. The molecule has 0 amide bonds. The summed E-state index contributed by atoms with van der Waals surface area (Å²) in [5.74, 6) is -51.6. The van der Waals surface area contributed by atoms with Gasteiger partial charge in [-0.1, -0.05) is 44.9 Å². The molecule has 4 nitrogen and oxygen atoms in total. The summed E-state index contributed by atoms with van der Waals surface area (Å²) in [5, 5.41) is 1.11. The first-order valence-electron chi connectivity index (χ1n) is 11.8. The van der Waals surface area contributed by atoms with Gasteiger partial charge in [0.05, 0.1) is 0 Å². The molecule has 0 rings (SSSR count). The number of unbranched alkanes of at least 4 members (excludes halogenated alkanes) is 8. The van der Waals surface area contributed by atoms with E-state index in [2.05, 4.69) is 0 Å². The van der Waals surface area contributed by atoms with Crippen LogP contribution in [0.3, 0.4) is 0 Å². The van der Waals surface area contributed by atoms with Gasteiger partial charge in [-0.3, -0.25) is 0 Å². The number of sulfonamides is 1. The van der Waals surface area contributed by atoms with Gasteiger partial charge in [-0.05, 0) is 12.8 Å². The summed E-state index contributed by atoms with van der Waals surface area (Å²) in [6, 6.07) is 0. The van der Waals surface area contributed by atoms with Crippen molar-refractivity contribution in [2.45, 2.75) is 105 Å². The average Bonchev–Trinajstić information content (AvgIpc) is 2.83. The van der Waals surface area contributed by atoms with Crippen LogP contribution in [0.1, 0.15) is 57.8 Å². The van der Waals surface area contributed by atoms with Gasteiger partial charge in [0, 0.05) is 20.2 Å². The van der Waals surface area contributed by atoms with E-state index in [1.54, 1.807) is 0 Å². The van der Waals surface area contributed by atoms with E-state index in [4.69, 9.17) is 5.11 Å². The molecular weight excluding hydrogens is 657 g/mol. The Balaban J connectivity index is 5.94. The number of hydrogen-bond acceptors (Lipinski definition) is 3. The molecule has 0 aliphatic carbocycles. The Kier molecular flexibility index (Phi) is 12.9. The summed E-state index contributed by atoms with van der Waals surface area (Å²) in [7, 11) is -7.18. The third kappa shape index (κ3) is 6.98. The van der Waals surface area contributed by atoms with Gasteiger partial charge in [0.2, 0.25) is 0 Å². The van der Waals surface area contributed by atoms with Crippen LogP contribution >= 0.6 is 0 Å². The quantitative estimate of drug-likeness (QED) is 0.112. The van der Waals surface area contributed by atoms with E-state index >= 15 is 0 Å². The van der Waals surface area contributed by atoms with Crippen LogP contribution in [-0.4, -0.2) is 85.0 Å². The van der Waals surface area contributed by atoms with Crippen molar-refractivity contribution in [3.8, 4) is 0 Å². The lowest BCUT2D eigenvalue weighted by Gasteiger charge is -2.42. The summed E-state index contributed by atoms with van der Waals surface area (Å²) in [6.45, 7) is -1.18. The Labute approximate surface area is 228 Å². The molecule has 0 atom stereocenters.